The molecule has 0 bridgehead atoms. The number of ether oxygens (including phenoxy) is 1. The molecule has 0 saturated heterocycles. The second kappa shape index (κ2) is 8.07. The van der Waals surface area contributed by atoms with E-state index in [9.17, 15) is 14.4 Å². The van der Waals surface area contributed by atoms with Crippen LogP contribution in [0.1, 0.15) is 32.6 Å². The van der Waals surface area contributed by atoms with Gasteiger partial charge in [0.05, 0.1) is 6.10 Å². The Balaban J connectivity index is 4.04. The molecule has 1 unspecified atom stereocenters. The van der Waals surface area contributed by atoms with Gasteiger partial charge in [-0.25, -0.2) is 9.59 Å². The van der Waals surface area contributed by atoms with Crippen molar-refractivity contribution in [3.63, 3.8) is 0 Å². The fourth-order valence-corrected chi connectivity index (χ4v) is 1.17. The van der Waals surface area contributed by atoms with Gasteiger partial charge in [0.15, 0.2) is 0 Å². The number of carbonyl (C=O) groups excluding carboxylic acids is 1. The maximum Gasteiger partial charge on any atom is 0.333 e. The summed E-state index contributed by atoms with van der Waals surface area (Å²) in [5.41, 5.74) is 0.138. The summed E-state index contributed by atoms with van der Waals surface area (Å²) in [6.07, 6.45) is -0.0832. The second-order valence-corrected chi connectivity index (χ2v) is 4.16. The van der Waals surface area contributed by atoms with Crippen LogP contribution >= 0.6 is 0 Å². The van der Waals surface area contributed by atoms with Crippen LogP contribution in [0.5, 0.6) is 0 Å². The molecule has 0 fully saturated rings. The predicted molar refractivity (Wildman–Crippen MR) is 67.6 cm³/mol. The van der Waals surface area contributed by atoms with E-state index in [0.717, 1.165) is 0 Å². The Hall–Kier alpha value is -2.11. The number of carboxylic acid groups (broad SMARTS) is 2. The standard InChI is InChI=1S/C13H18O6/c1-8(12(16)17)4-6-10(3)19-13(18)9(2)5-7-11(14)15/h10H,1-2,4-7H2,3H3,(H,14,15)(H,16,17). The molecule has 0 amide bonds. The summed E-state index contributed by atoms with van der Waals surface area (Å²) in [5.74, 6) is -2.75. The minimum Gasteiger partial charge on any atom is -0.481 e. The largest absolute Gasteiger partial charge is 0.481 e. The number of carboxylic acids is 2. The molecule has 0 aliphatic carbocycles. The summed E-state index contributed by atoms with van der Waals surface area (Å²) in [4.78, 5) is 32.3. The smallest absolute Gasteiger partial charge is 0.333 e. The molecular formula is C13H18O6. The molecule has 19 heavy (non-hydrogen) atoms. The Labute approximate surface area is 111 Å². The van der Waals surface area contributed by atoms with Gasteiger partial charge in [0.1, 0.15) is 0 Å². The number of rotatable bonds is 9. The highest BCUT2D eigenvalue weighted by atomic mass is 16.5. The highest BCUT2D eigenvalue weighted by Gasteiger charge is 2.15. The lowest BCUT2D eigenvalue weighted by Gasteiger charge is -2.13. The Kier molecular flexibility index (Phi) is 7.18. The molecule has 106 valence electrons. The Morgan fingerprint density at radius 2 is 1.63 bits per heavy atom. The van der Waals surface area contributed by atoms with Crippen molar-refractivity contribution >= 4 is 17.9 Å². The number of esters is 1. The first-order valence-corrected chi connectivity index (χ1v) is 5.75. The maximum atomic E-state index is 11.5. The molecule has 0 rings (SSSR count). The normalized spacial score (nSPS) is 11.4. The van der Waals surface area contributed by atoms with Crippen LogP contribution in [-0.2, 0) is 19.1 Å². The fourth-order valence-electron chi connectivity index (χ4n) is 1.17. The van der Waals surface area contributed by atoms with Crippen molar-refractivity contribution in [2.75, 3.05) is 0 Å². The van der Waals surface area contributed by atoms with Crippen LogP contribution in [-0.4, -0.2) is 34.2 Å². The summed E-state index contributed by atoms with van der Waals surface area (Å²) >= 11 is 0. The molecule has 0 radical (unpaired) electrons. The molecule has 0 aromatic heterocycles. The first-order valence-electron chi connectivity index (χ1n) is 5.75. The van der Waals surface area contributed by atoms with E-state index in [4.69, 9.17) is 14.9 Å². The van der Waals surface area contributed by atoms with Gasteiger partial charge in [-0.1, -0.05) is 13.2 Å². The average molecular weight is 270 g/mol. The molecule has 0 heterocycles. The minimum absolute atomic E-state index is 0.0305. The zero-order valence-corrected chi connectivity index (χ0v) is 10.8. The lowest BCUT2D eigenvalue weighted by atomic mass is 10.1. The molecule has 0 aliphatic rings. The van der Waals surface area contributed by atoms with Crippen molar-refractivity contribution in [3.8, 4) is 0 Å². The molecule has 0 aromatic carbocycles. The minimum atomic E-state index is -1.08. The van der Waals surface area contributed by atoms with Crippen LogP contribution < -0.4 is 0 Å². The molecule has 6 heteroatoms. The van der Waals surface area contributed by atoms with Crippen LogP contribution in [0.4, 0.5) is 0 Å². The third-order valence-corrected chi connectivity index (χ3v) is 2.39. The molecule has 0 spiro atoms. The third kappa shape index (κ3) is 7.75. The summed E-state index contributed by atoms with van der Waals surface area (Å²) in [7, 11) is 0. The first kappa shape index (κ1) is 16.9. The van der Waals surface area contributed by atoms with Gasteiger partial charge in [0.2, 0.25) is 0 Å². The molecule has 2 N–H and O–H groups in total. The van der Waals surface area contributed by atoms with Crippen LogP contribution in [0.15, 0.2) is 24.3 Å². The summed E-state index contributed by atoms with van der Waals surface area (Å²) in [6, 6.07) is 0. The van der Waals surface area contributed by atoms with Crippen LogP contribution in [0.3, 0.4) is 0 Å². The highest BCUT2D eigenvalue weighted by Crippen LogP contribution is 2.12. The summed E-state index contributed by atoms with van der Waals surface area (Å²) in [5, 5.41) is 17.1. The van der Waals surface area contributed by atoms with E-state index >= 15 is 0 Å². The SMILES string of the molecule is C=C(CCC(C)OC(=O)C(=C)CCC(=O)O)C(=O)O. The number of hydrogen-bond donors (Lipinski definition) is 2. The van der Waals surface area contributed by atoms with Crippen LogP contribution in [0, 0.1) is 0 Å². The summed E-state index contributed by atoms with van der Waals surface area (Å²) in [6.45, 7) is 8.44. The number of hydrogen-bond acceptors (Lipinski definition) is 4. The van der Waals surface area contributed by atoms with Crippen molar-refractivity contribution in [1.29, 1.82) is 0 Å². The zero-order chi connectivity index (χ0) is 15.0. The molecular weight excluding hydrogens is 252 g/mol. The van der Waals surface area contributed by atoms with Gasteiger partial charge in [-0.3, -0.25) is 4.79 Å². The van der Waals surface area contributed by atoms with E-state index < -0.39 is 24.0 Å². The van der Waals surface area contributed by atoms with Crippen molar-refractivity contribution < 1.29 is 29.3 Å². The number of aliphatic carboxylic acids is 2. The van der Waals surface area contributed by atoms with Crippen LogP contribution in [0.25, 0.3) is 0 Å². The van der Waals surface area contributed by atoms with E-state index in [1.165, 1.54) is 0 Å². The highest BCUT2D eigenvalue weighted by molar-refractivity contribution is 5.88. The molecule has 0 saturated carbocycles. The van der Waals surface area contributed by atoms with E-state index in [2.05, 4.69) is 13.2 Å². The summed E-state index contributed by atoms with van der Waals surface area (Å²) < 4.78 is 5.01. The van der Waals surface area contributed by atoms with Gasteiger partial charge >= 0.3 is 17.9 Å². The Bertz CT molecular complexity index is 396. The van der Waals surface area contributed by atoms with E-state index in [1.54, 1.807) is 6.92 Å². The van der Waals surface area contributed by atoms with E-state index in [-0.39, 0.29) is 30.4 Å². The lowest BCUT2D eigenvalue weighted by molar-refractivity contribution is -0.143. The van der Waals surface area contributed by atoms with Crippen molar-refractivity contribution in [2.45, 2.75) is 38.7 Å². The van der Waals surface area contributed by atoms with Crippen molar-refractivity contribution in [1.82, 2.24) is 0 Å². The average Bonchev–Trinajstić information content (AvgIpc) is 2.32. The van der Waals surface area contributed by atoms with Gasteiger partial charge in [0, 0.05) is 17.6 Å². The van der Waals surface area contributed by atoms with Gasteiger partial charge in [-0.05, 0) is 26.2 Å². The second-order valence-electron chi connectivity index (χ2n) is 4.16. The monoisotopic (exact) mass is 270 g/mol. The lowest BCUT2D eigenvalue weighted by Crippen LogP contribution is -2.17. The van der Waals surface area contributed by atoms with Gasteiger partial charge in [0.25, 0.3) is 0 Å². The molecule has 0 aliphatic heterocycles. The van der Waals surface area contributed by atoms with Crippen molar-refractivity contribution in [3.05, 3.63) is 24.3 Å². The maximum absolute atomic E-state index is 11.5. The van der Waals surface area contributed by atoms with Crippen molar-refractivity contribution in [2.24, 2.45) is 0 Å². The van der Waals surface area contributed by atoms with Gasteiger partial charge < -0.3 is 14.9 Å². The van der Waals surface area contributed by atoms with E-state index in [0.29, 0.717) is 6.42 Å². The molecule has 1 atom stereocenters. The van der Waals surface area contributed by atoms with Gasteiger partial charge in [-0.15, -0.1) is 0 Å². The van der Waals surface area contributed by atoms with E-state index in [1.807, 2.05) is 0 Å². The number of carbonyl (C=O) groups is 3. The fraction of sp³-hybridized carbons (Fsp3) is 0.462. The third-order valence-electron chi connectivity index (χ3n) is 2.39. The van der Waals surface area contributed by atoms with Crippen LogP contribution in [0.2, 0.25) is 0 Å². The zero-order valence-electron chi connectivity index (χ0n) is 10.8. The molecule has 0 aromatic rings. The first-order chi connectivity index (χ1) is 8.73. The molecule has 6 nitrogen and oxygen atoms in total. The predicted octanol–water partition coefficient (Wildman–Crippen LogP) is 1.76. The topological polar surface area (TPSA) is 101 Å². The quantitative estimate of drug-likeness (QED) is 0.489. The Morgan fingerprint density at radius 1 is 1.05 bits per heavy atom. The van der Waals surface area contributed by atoms with Gasteiger partial charge in [-0.2, -0.15) is 0 Å². The Morgan fingerprint density at radius 3 is 2.11 bits per heavy atom.